The average Bonchev–Trinajstić information content (AvgIpc) is 2.08. The second kappa shape index (κ2) is 2.84. The molecule has 0 aromatic heterocycles. The largest absolute Gasteiger partial charge is 0.462 e. The Labute approximate surface area is 67.9 Å². The Hall–Kier alpha value is -0.530. The summed E-state index contributed by atoms with van der Waals surface area (Å²) in [5.74, 6) is -0.0315. The SMILES string of the molecule is CCCC1CC(C)(C)C(=O)O1. The summed E-state index contributed by atoms with van der Waals surface area (Å²) in [7, 11) is 0. The van der Waals surface area contributed by atoms with Gasteiger partial charge in [0.25, 0.3) is 0 Å². The summed E-state index contributed by atoms with van der Waals surface area (Å²) in [6.45, 7) is 6.01. The molecule has 1 fully saturated rings. The predicted molar refractivity (Wildman–Crippen MR) is 43.2 cm³/mol. The van der Waals surface area contributed by atoms with E-state index in [1.807, 2.05) is 13.8 Å². The van der Waals surface area contributed by atoms with Crippen molar-refractivity contribution >= 4 is 5.97 Å². The molecule has 1 aliphatic heterocycles. The molecule has 2 nitrogen and oxygen atoms in total. The maximum Gasteiger partial charge on any atom is 0.311 e. The fraction of sp³-hybridized carbons (Fsp3) is 0.889. The van der Waals surface area contributed by atoms with Gasteiger partial charge in [0, 0.05) is 0 Å². The van der Waals surface area contributed by atoms with Crippen molar-refractivity contribution in [3.8, 4) is 0 Å². The van der Waals surface area contributed by atoms with Crippen LogP contribution in [0.4, 0.5) is 0 Å². The van der Waals surface area contributed by atoms with Gasteiger partial charge in [0.15, 0.2) is 0 Å². The maximum absolute atomic E-state index is 11.2. The number of cyclic esters (lactones) is 1. The third kappa shape index (κ3) is 1.73. The minimum Gasteiger partial charge on any atom is -0.462 e. The minimum atomic E-state index is -0.236. The van der Waals surface area contributed by atoms with Gasteiger partial charge < -0.3 is 4.74 Å². The molecule has 0 amide bonds. The van der Waals surface area contributed by atoms with Gasteiger partial charge in [-0.05, 0) is 26.7 Å². The summed E-state index contributed by atoms with van der Waals surface area (Å²) < 4.78 is 5.18. The van der Waals surface area contributed by atoms with E-state index >= 15 is 0 Å². The van der Waals surface area contributed by atoms with Crippen molar-refractivity contribution in [3.05, 3.63) is 0 Å². The van der Waals surface area contributed by atoms with E-state index in [-0.39, 0.29) is 17.5 Å². The van der Waals surface area contributed by atoms with Crippen LogP contribution in [-0.4, -0.2) is 12.1 Å². The van der Waals surface area contributed by atoms with Crippen LogP contribution in [-0.2, 0) is 9.53 Å². The normalized spacial score (nSPS) is 28.6. The van der Waals surface area contributed by atoms with Crippen molar-refractivity contribution in [2.45, 2.75) is 46.1 Å². The van der Waals surface area contributed by atoms with Crippen LogP contribution < -0.4 is 0 Å². The van der Waals surface area contributed by atoms with Crippen molar-refractivity contribution in [2.24, 2.45) is 5.41 Å². The molecule has 1 unspecified atom stereocenters. The molecule has 1 atom stereocenters. The lowest BCUT2D eigenvalue weighted by Gasteiger charge is -2.09. The number of esters is 1. The highest BCUT2D eigenvalue weighted by atomic mass is 16.6. The molecule has 0 radical (unpaired) electrons. The lowest BCUT2D eigenvalue weighted by atomic mass is 9.89. The molecule has 11 heavy (non-hydrogen) atoms. The molecule has 0 aromatic rings. The molecule has 1 heterocycles. The molecule has 1 saturated heterocycles. The molecule has 64 valence electrons. The first-order chi connectivity index (χ1) is 5.06. The Bertz CT molecular complexity index is 161. The quantitative estimate of drug-likeness (QED) is 0.572. The molecule has 0 N–H and O–H groups in total. The Morgan fingerprint density at radius 2 is 2.27 bits per heavy atom. The highest BCUT2D eigenvalue weighted by Crippen LogP contribution is 2.34. The van der Waals surface area contributed by atoms with Crippen LogP contribution in [0.3, 0.4) is 0 Å². The molecular weight excluding hydrogens is 140 g/mol. The van der Waals surface area contributed by atoms with Crippen molar-refractivity contribution in [2.75, 3.05) is 0 Å². The molecule has 0 aliphatic carbocycles. The fourth-order valence-electron chi connectivity index (χ4n) is 1.49. The van der Waals surface area contributed by atoms with Crippen molar-refractivity contribution in [1.29, 1.82) is 0 Å². The highest BCUT2D eigenvalue weighted by Gasteiger charge is 2.40. The zero-order valence-corrected chi connectivity index (χ0v) is 7.52. The maximum atomic E-state index is 11.2. The Morgan fingerprint density at radius 3 is 2.64 bits per heavy atom. The second-order valence-corrected chi connectivity index (χ2v) is 3.90. The van der Waals surface area contributed by atoms with Crippen molar-refractivity contribution in [3.63, 3.8) is 0 Å². The van der Waals surface area contributed by atoms with Gasteiger partial charge >= 0.3 is 5.97 Å². The van der Waals surface area contributed by atoms with Gasteiger partial charge in [-0.3, -0.25) is 4.79 Å². The molecule has 0 aromatic carbocycles. The predicted octanol–water partition coefficient (Wildman–Crippen LogP) is 2.13. The van der Waals surface area contributed by atoms with Crippen molar-refractivity contribution in [1.82, 2.24) is 0 Å². The number of ether oxygens (including phenoxy) is 1. The molecular formula is C9H16O2. The summed E-state index contributed by atoms with van der Waals surface area (Å²) in [5.41, 5.74) is -0.236. The van der Waals surface area contributed by atoms with E-state index in [0.717, 1.165) is 19.3 Å². The van der Waals surface area contributed by atoms with Gasteiger partial charge in [0.1, 0.15) is 6.10 Å². The van der Waals surface area contributed by atoms with E-state index in [0.29, 0.717) is 0 Å². The number of carbonyl (C=O) groups is 1. The molecule has 1 aliphatic rings. The first kappa shape index (κ1) is 8.57. The van der Waals surface area contributed by atoms with Crippen LogP contribution in [0.1, 0.15) is 40.0 Å². The van der Waals surface area contributed by atoms with Crippen LogP contribution in [0, 0.1) is 5.41 Å². The summed E-state index contributed by atoms with van der Waals surface area (Å²) in [6, 6.07) is 0. The molecule has 0 saturated carbocycles. The smallest absolute Gasteiger partial charge is 0.311 e. The van der Waals surface area contributed by atoms with Gasteiger partial charge in [0.05, 0.1) is 5.41 Å². The molecule has 0 spiro atoms. The summed E-state index contributed by atoms with van der Waals surface area (Å²) in [5, 5.41) is 0. The molecule has 1 rings (SSSR count). The summed E-state index contributed by atoms with van der Waals surface area (Å²) in [4.78, 5) is 11.2. The van der Waals surface area contributed by atoms with Gasteiger partial charge in [0.2, 0.25) is 0 Å². The lowest BCUT2D eigenvalue weighted by Crippen LogP contribution is -2.16. The lowest BCUT2D eigenvalue weighted by molar-refractivity contribution is -0.147. The first-order valence-corrected chi connectivity index (χ1v) is 4.27. The van der Waals surface area contributed by atoms with E-state index in [2.05, 4.69) is 6.92 Å². The van der Waals surface area contributed by atoms with E-state index in [1.165, 1.54) is 0 Å². The number of hydrogen-bond donors (Lipinski definition) is 0. The standard InChI is InChI=1S/C9H16O2/c1-4-5-7-6-9(2,3)8(10)11-7/h7H,4-6H2,1-3H3. The number of carbonyl (C=O) groups excluding carboxylic acids is 1. The topological polar surface area (TPSA) is 26.3 Å². The molecule has 0 bridgehead atoms. The van der Waals surface area contributed by atoms with Crippen LogP contribution in [0.5, 0.6) is 0 Å². The molecule has 2 heteroatoms. The summed E-state index contributed by atoms with van der Waals surface area (Å²) >= 11 is 0. The van der Waals surface area contributed by atoms with E-state index < -0.39 is 0 Å². The third-order valence-electron chi connectivity index (χ3n) is 2.17. The van der Waals surface area contributed by atoms with Crippen LogP contribution >= 0.6 is 0 Å². The minimum absolute atomic E-state index is 0.0315. The Kier molecular flexibility index (Phi) is 2.21. The highest BCUT2D eigenvalue weighted by molar-refractivity contribution is 5.78. The van der Waals surface area contributed by atoms with Gasteiger partial charge in [-0.1, -0.05) is 13.3 Å². The van der Waals surface area contributed by atoms with Crippen LogP contribution in [0.15, 0.2) is 0 Å². The second-order valence-electron chi connectivity index (χ2n) is 3.90. The monoisotopic (exact) mass is 156 g/mol. The van der Waals surface area contributed by atoms with Crippen molar-refractivity contribution < 1.29 is 9.53 Å². The van der Waals surface area contributed by atoms with Gasteiger partial charge in [-0.25, -0.2) is 0 Å². The van der Waals surface area contributed by atoms with E-state index in [4.69, 9.17) is 4.74 Å². The Balaban J connectivity index is 2.50. The zero-order valence-electron chi connectivity index (χ0n) is 7.52. The summed E-state index contributed by atoms with van der Waals surface area (Å²) in [6.07, 6.45) is 3.17. The van der Waals surface area contributed by atoms with Crippen LogP contribution in [0.25, 0.3) is 0 Å². The average molecular weight is 156 g/mol. The number of hydrogen-bond acceptors (Lipinski definition) is 2. The zero-order chi connectivity index (χ0) is 8.48. The number of rotatable bonds is 2. The third-order valence-corrected chi connectivity index (χ3v) is 2.17. The van der Waals surface area contributed by atoms with Crippen LogP contribution in [0.2, 0.25) is 0 Å². The first-order valence-electron chi connectivity index (χ1n) is 4.27. The van der Waals surface area contributed by atoms with E-state index in [1.54, 1.807) is 0 Å². The fourth-order valence-corrected chi connectivity index (χ4v) is 1.49. The van der Waals surface area contributed by atoms with Gasteiger partial charge in [-0.15, -0.1) is 0 Å². The van der Waals surface area contributed by atoms with E-state index in [9.17, 15) is 4.79 Å². The Morgan fingerprint density at radius 1 is 1.64 bits per heavy atom. The van der Waals surface area contributed by atoms with Gasteiger partial charge in [-0.2, -0.15) is 0 Å².